The van der Waals surface area contributed by atoms with Gasteiger partial charge in [-0.25, -0.2) is 13.4 Å². The summed E-state index contributed by atoms with van der Waals surface area (Å²) < 4.78 is 26.6. The molecule has 0 aliphatic rings. The summed E-state index contributed by atoms with van der Waals surface area (Å²) in [5.74, 6) is -0.239. The minimum atomic E-state index is -3.36. The lowest BCUT2D eigenvalue weighted by atomic mass is 10.2. The number of nitrogens with one attached hydrogen (secondary N) is 1. The number of hydrogen-bond acceptors (Lipinski definition) is 6. The highest BCUT2D eigenvalue weighted by atomic mass is 32.2. The predicted molar refractivity (Wildman–Crippen MR) is 112 cm³/mol. The highest BCUT2D eigenvalue weighted by molar-refractivity contribution is 8.00. The topological polar surface area (TPSA) is 76.1 Å². The minimum Gasteiger partial charge on any atom is -0.326 e. The van der Waals surface area contributed by atoms with Crippen LogP contribution in [0.1, 0.15) is 18.4 Å². The van der Waals surface area contributed by atoms with Gasteiger partial charge in [0.15, 0.2) is 14.2 Å². The third-order valence-electron chi connectivity index (χ3n) is 4.02. The first-order valence-electron chi connectivity index (χ1n) is 8.41. The average Bonchev–Trinajstić information content (AvgIpc) is 3.04. The van der Waals surface area contributed by atoms with Gasteiger partial charge in [-0.3, -0.25) is 4.79 Å². The molecule has 3 rings (SSSR count). The monoisotopic (exact) mass is 420 g/mol. The van der Waals surface area contributed by atoms with E-state index in [1.807, 2.05) is 31.4 Å². The Morgan fingerprint density at radius 2 is 1.93 bits per heavy atom. The van der Waals surface area contributed by atoms with Crippen LogP contribution in [0.15, 0.2) is 51.7 Å². The number of nitrogens with zero attached hydrogens (tertiary/aromatic N) is 1. The second kappa shape index (κ2) is 8.41. The van der Waals surface area contributed by atoms with Crippen LogP contribution in [0.5, 0.6) is 0 Å². The standard InChI is InChI=1S/C19H20N2O3S3/c1-13-5-8-15(9-6-13)27(23,24)11-3-4-18(22)20-14-7-10-16-17(12-14)26-19(21-16)25-2/h5-10,12H,3-4,11H2,1-2H3,(H,20,22). The first-order chi connectivity index (χ1) is 12.9. The summed E-state index contributed by atoms with van der Waals surface area (Å²) >= 11 is 3.17. The summed E-state index contributed by atoms with van der Waals surface area (Å²) in [6.45, 7) is 1.91. The normalized spacial score (nSPS) is 11.6. The van der Waals surface area contributed by atoms with E-state index >= 15 is 0 Å². The van der Waals surface area contributed by atoms with E-state index in [-0.39, 0.29) is 24.5 Å². The zero-order valence-corrected chi connectivity index (χ0v) is 17.5. The summed E-state index contributed by atoms with van der Waals surface area (Å²) in [4.78, 5) is 16.9. The Kier molecular flexibility index (Phi) is 6.18. The number of aromatic nitrogens is 1. The Morgan fingerprint density at radius 3 is 2.63 bits per heavy atom. The molecule has 1 aromatic heterocycles. The largest absolute Gasteiger partial charge is 0.326 e. The molecule has 0 saturated heterocycles. The molecule has 8 heteroatoms. The van der Waals surface area contributed by atoms with E-state index in [9.17, 15) is 13.2 Å². The number of fused-ring (bicyclic) bond motifs is 1. The van der Waals surface area contributed by atoms with Crippen LogP contribution < -0.4 is 5.32 Å². The molecule has 1 N–H and O–H groups in total. The molecule has 0 fully saturated rings. The molecule has 3 aromatic rings. The SMILES string of the molecule is CSc1nc2ccc(NC(=O)CCCS(=O)(=O)c3ccc(C)cc3)cc2s1. The van der Waals surface area contributed by atoms with Crippen molar-refractivity contribution in [3.8, 4) is 0 Å². The molecule has 1 heterocycles. The van der Waals surface area contributed by atoms with E-state index in [2.05, 4.69) is 10.3 Å². The maximum atomic E-state index is 12.3. The molecular weight excluding hydrogens is 400 g/mol. The number of benzene rings is 2. The smallest absolute Gasteiger partial charge is 0.224 e. The summed E-state index contributed by atoms with van der Waals surface area (Å²) in [6, 6.07) is 12.4. The van der Waals surface area contributed by atoms with Crippen molar-refractivity contribution in [2.75, 3.05) is 17.3 Å². The van der Waals surface area contributed by atoms with Crippen LogP contribution in [0, 0.1) is 6.92 Å². The van der Waals surface area contributed by atoms with Gasteiger partial charge < -0.3 is 5.32 Å². The number of hydrogen-bond donors (Lipinski definition) is 1. The molecule has 0 aliphatic heterocycles. The highest BCUT2D eigenvalue weighted by Gasteiger charge is 2.15. The lowest BCUT2D eigenvalue weighted by Gasteiger charge is -2.07. The van der Waals surface area contributed by atoms with Gasteiger partial charge in [0.1, 0.15) is 0 Å². The number of amides is 1. The number of thioether (sulfide) groups is 1. The lowest BCUT2D eigenvalue weighted by Crippen LogP contribution is -2.14. The van der Waals surface area contributed by atoms with Crippen LogP contribution in [-0.2, 0) is 14.6 Å². The van der Waals surface area contributed by atoms with Crippen LogP contribution in [-0.4, -0.2) is 31.3 Å². The van der Waals surface area contributed by atoms with E-state index in [1.54, 1.807) is 47.4 Å². The number of thiazole rings is 1. The zero-order chi connectivity index (χ0) is 19.4. The molecule has 0 radical (unpaired) electrons. The van der Waals surface area contributed by atoms with E-state index in [0.717, 1.165) is 20.1 Å². The fourth-order valence-corrected chi connectivity index (χ4v) is 5.42. The van der Waals surface area contributed by atoms with Crippen LogP contribution >= 0.6 is 23.1 Å². The van der Waals surface area contributed by atoms with Crippen molar-refractivity contribution in [1.82, 2.24) is 4.98 Å². The van der Waals surface area contributed by atoms with Crippen molar-refractivity contribution in [2.24, 2.45) is 0 Å². The van der Waals surface area contributed by atoms with Crippen molar-refractivity contribution >= 4 is 54.7 Å². The second-order valence-corrected chi connectivity index (χ2v) is 10.3. The fourth-order valence-electron chi connectivity index (χ4n) is 2.58. The summed E-state index contributed by atoms with van der Waals surface area (Å²) in [7, 11) is -3.36. The van der Waals surface area contributed by atoms with Gasteiger partial charge in [-0.15, -0.1) is 11.3 Å². The lowest BCUT2D eigenvalue weighted by molar-refractivity contribution is -0.116. The summed E-state index contributed by atoms with van der Waals surface area (Å²) in [5, 5.41) is 2.83. The van der Waals surface area contributed by atoms with Crippen LogP contribution in [0.25, 0.3) is 10.2 Å². The molecule has 0 bridgehead atoms. The van der Waals surface area contributed by atoms with Crippen LogP contribution in [0.4, 0.5) is 5.69 Å². The molecule has 1 amide bonds. The predicted octanol–water partition coefficient (Wildman–Crippen LogP) is 4.52. The number of carbonyl (C=O) groups excluding carboxylic acids is 1. The second-order valence-electron chi connectivity index (χ2n) is 6.15. The maximum absolute atomic E-state index is 12.3. The van der Waals surface area contributed by atoms with Crippen molar-refractivity contribution in [2.45, 2.75) is 29.0 Å². The average molecular weight is 421 g/mol. The van der Waals surface area contributed by atoms with Gasteiger partial charge >= 0.3 is 0 Å². The van der Waals surface area contributed by atoms with Crippen molar-refractivity contribution in [3.05, 3.63) is 48.0 Å². The van der Waals surface area contributed by atoms with Gasteiger partial charge in [0.25, 0.3) is 0 Å². The highest BCUT2D eigenvalue weighted by Crippen LogP contribution is 2.30. The molecular formula is C19H20N2O3S3. The number of carbonyl (C=O) groups is 1. The van der Waals surface area contributed by atoms with E-state index < -0.39 is 9.84 Å². The first kappa shape index (κ1) is 19.9. The zero-order valence-electron chi connectivity index (χ0n) is 15.1. The fraction of sp³-hybridized carbons (Fsp3) is 0.263. The maximum Gasteiger partial charge on any atom is 0.224 e. The Bertz CT molecular complexity index is 1060. The molecule has 0 saturated carbocycles. The van der Waals surface area contributed by atoms with Gasteiger partial charge in [0.2, 0.25) is 5.91 Å². The van der Waals surface area contributed by atoms with Gasteiger partial charge in [-0.05, 0) is 49.9 Å². The number of anilines is 1. The molecule has 0 spiro atoms. The van der Waals surface area contributed by atoms with Crippen molar-refractivity contribution in [3.63, 3.8) is 0 Å². The summed E-state index contributed by atoms with van der Waals surface area (Å²) in [5.41, 5.74) is 2.62. The quantitative estimate of drug-likeness (QED) is 0.569. The minimum absolute atomic E-state index is 0.0472. The summed E-state index contributed by atoms with van der Waals surface area (Å²) in [6.07, 6.45) is 2.41. The van der Waals surface area contributed by atoms with Crippen molar-refractivity contribution in [1.29, 1.82) is 0 Å². The molecule has 5 nitrogen and oxygen atoms in total. The molecule has 142 valence electrons. The van der Waals surface area contributed by atoms with Crippen molar-refractivity contribution < 1.29 is 13.2 Å². The first-order valence-corrected chi connectivity index (χ1v) is 12.1. The van der Waals surface area contributed by atoms with Crippen LogP contribution in [0.2, 0.25) is 0 Å². The van der Waals surface area contributed by atoms with Crippen LogP contribution in [0.3, 0.4) is 0 Å². The number of aryl methyl sites for hydroxylation is 1. The molecule has 0 atom stereocenters. The van der Waals surface area contributed by atoms with Gasteiger partial charge in [0.05, 0.1) is 20.9 Å². The Labute approximate surface area is 167 Å². The molecule has 2 aromatic carbocycles. The number of rotatable bonds is 7. The Morgan fingerprint density at radius 1 is 1.19 bits per heavy atom. The third kappa shape index (κ3) is 5.09. The van der Waals surface area contributed by atoms with E-state index in [4.69, 9.17) is 0 Å². The van der Waals surface area contributed by atoms with Gasteiger partial charge in [0, 0.05) is 12.1 Å². The Balaban J connectivity index is 1.55. The molecule has 0 aliphatic carbocycles. The third-order valence-corrected chi connectivity index (χ3v) is 7.84. The van der Waals surface area contributed by atoms with E-state index in [0.29, 0.717) is 10.6 Å². The van der Waals surface area contributed by atoms with E-state index in [1.165, 1.54) is 0 Å². The van der Waals surface area contributed by atoms with Gasteiger partial charge in [-0.2, -0.15) is 0 Å². The Hall–Kier alpha value is -1.90. The van der Waals surface area contributed by atoms with Gasteiger partial charge in [-0.1, -0.05) is 29.5 Å². The number of sulfone groups is 1. The molecule has 27 heavy (non-hydrogen) atoms. The molecule has 0 unspecified atom stereocenters.